The first kappa shape index (κ1) is 6.96. The Morgan fingerprint density at radius 2 is 2.00 bits per heavy atom. The van der Waals surface area contributed by atoms with Gasteiger partial charge < -0.3 is 4.90 Å². The van der Waals surface area contributed by atoms with E-state index in [-0.39, 0.29) is 0 Å². The van der Waals surface area contributed by atoms with Gasteiger partial charge in [0, 0.05) is 0 Å². The minimum absolute atomic E-state index is 0.884. The van der Waals surface area contributed by atoms with E-state index in [1.165, 1.54) is 0 Å². The second-order valence-electron chi connectivity index (χ2n) is 1.66. The summed E-state index contributed by atoms with van der Waals surface area (Å²) in [4.78, 5) is 2.13. The largest absolute Gasteiger partial charge is 0.306 e. The van der Waals surface area contributed by atoms with Gasteiger partial charge in [-0.25, -0.2) is 0 Å². The van der Waals surface area contributed by atoms with E-state index in [0.717, 1.165) is 19.5 Å². The van der Waals surface area contributed by atoms with Crippen LogP contribution in [0.4, 0.5) is 0 Å². The highest BCUT2D eigenvalue weighted by Gasteiger charge is 1.86. The third kappa shape index (κ3) is 3.80. The Balaban J connectivity index is 2.83. The fourth-order valence-electron chi connectivity index (χ4n) is 0.382. The quantitative estimate of drug-likeness (QED) is 0.509. The van der Waals surface area contributed by atoms with E-state index in [2.05, 4.69) is 18.7 Å². The molecule has 1 nitrogen and oxygen atoms in total. The van der Waals surface area contributed by atoms with Crippen LogP contribution in [0.2, 0.25) is 0 Å². The molecule has 0 rings (SSSR count). The second-order valence-corrected chi connectivity index (χ2v) is 1.66. The minimum atomic E-state index is 0.884. The molecule has 42 valence electrons. The maximum atomic E-state index is 3.70. The first-order chi connectivity index (χ1) is 3.31. The molecule has 0 N–H and O–H groups in total. The lowest BCUT2D eigenvalue weighted by atomic mass is 10.4. The molecule has 0 saturated heterocycles. The van der Waals surface area contributed by atoms with Crippen LogP contribution in [-0.4, -0.2) is 25.0 Å². The van der Waals surface area contributed by atoms with Crippen LogP contribution < -0.4 is 0 Å². The van der Waals surface area contributed by atoms with Crippen molar-refractivity contribution in [3.8, 4) is 0 Å². The summed E-state index contributed by atoms with van der Waals surface area (Å²) in [6.07, 6.45) is 0.978. The summed E-state index contributed by atoms with van der Waals surface area (Å²) in [5.41, 5.74) is 0. The van der Waals surface area contributed by atoms with Gasteiger partial charge in [-0.15, -0.1) is 0 Å². The topological polar surface area (TPSA) is 3.24 Å². The van der Waals surface area contributed by atoms with Crippen LogP contribution in [0.3, 0.4) is 0 Å². The molecule has 0 aliphatic carbocycles. The van der Waals surface area contributed by atoms with Crippen molar-refractivity contribution in [3.05, 3.63) is 13.8 Å². The van der Waals surface area contributed by atoms with Crippen LogP contribution in [-0.2, 0) is 0 Å². The fraction of sp³-hybridized carbons (Fsp3) is 0.667. The molecule has 2 radical (unpaired) electrons. The SMILES string of the molecule is [CH2]CCN(C)C[CH2]. The average molecular weight is 99.2 g/mol. The van der Waals surface area contributed by atoms with E-state index in [4.69, 9.17) is 0 Å². The zero-order chi connectivity index (χ0) is 5.70. The molecule has 0 bridgehead atoms. The summed E-state index contributed by atoms with van der Waals surface area (Å²) in [7, 11) is 2.04. The zero-order valence-corrected chi connectivity index (χ0v) is 4.98. The van der Waals surface area contributed by atoms with Crippen molar-refractivity contribution in [3.63, 3.8) is 0 Å². The van der Waals surface area contributed by atoms with Crippen LogP contribution in [0.15, 0.2) is 0 Å². The molecule has 0 aromatic rings. The zero-order valence-electron chi connectivity index (χ0n) is 4.98. The van der Waals surface area contributed by atoms with Crippen molar-refractivity contribution in [1.29, 1.82) is 0 Å². The smallest absolute Gasteiger partial charge is 0.00213 e. The standard InChI is InChI=1S/C6H13N/c1-4-6-7(3)5-2/h1-2,4-6H2,3H3. The molecule has 0 aromatic carbocycles. The second kappa shape index (κ2) is 4.13. The van der Waals surface area contributed by atoms with Crippen LogP contribution in [0.25, 0.3) is 0 Å². The van der Waals surface area contributed by atoms with Gasteiger partial charge in [-0.3, -0.25) is 0 Å². The van der Waals surface area contributed by atoms with Gasteiger partial charge in [0.2, 0.25) is 0 Å². The van der Waals surface area contributed by atoms with Crippen molar-refractivity contribution in [2.45, 2.75) is 6.42 Å². The maximum Gasteiger partial charge on any atom is -0.00213 e. The maximum absolute atomic E-state index is 3.70. The van der Waals surface area contributed by atoms with E-state index < -0.39 is 0 Å². The molecule has 0 amide bonds. The normalized spacial score (nSPS) is 10.3. The summed E-state index contributed by atoms with van der Waals surface area (Å²) in [5, 5.41) is 0. The molecule has 0 spiro atoms. The lowest BCUT2D eigenvalue weighted by Crippen LogP contribution is -2.17. The third-order valence-corrected chi connectivity index (χ3v) is 0.922. The van der Waals surface area contributed by atoms with E-state index in [1.54, 1.807) is 0 Å². The molecule has 7 heavy (non-hydrogen) atoms. The predicted octanol–water partition coefficient (Wildman–Crippen LogP) is 0.976. The summed E-state index contributed by atoms with van der Waals surface area (Å²) in [6, 6.07) is 0. The van der Waals surface area contributed by atoms with Gasteiger partial charge in [0.1, 0.15) is 0 Å². The summed E-state index contributed by atoms with van der Waals surface area (Å²) in [6.45, 7) is 9.35. The van der Waals surface area contributed by atoms with Crippen LogP contribution in [0.1, 0.15) is 6.42 Å². The average Bonchev–Trinajstić information content (AvgIpc) is 1.68. The Hall–Kier alpha value is -0.0400. The van der Waals surface area contributed by atoms with Gasteiger partial charge in [0.25, 0.3) is 0 Å². The highest BCUT2D eigenvalue weighted by atomic mass is 15.1. The molecular weight excluding hydrogens is 86.1 g/mol. The summed E-state index contributed by atoms with van der Waals surface area (Å²) in [5.74, 6) is 0. The van der Waals surface area contributed by atoms with Crippen molar-refractivity contribution < 1.29 is 0 Å². The number of hydrogen-bond donors (Lipinski definition) is 0. The Kier molecular flexibility index (Phi) is 4.10. The molecule has 0 aliphatic heterocycles. The van der Waals surface area contributed by atoms with Crippen LogP contribution in [0, 0.1) is 13.8 Å². The van der Waals surface area contributed by atoms with E-state index >= 15 is 0 Å². The third-order valence-electron chi connectivity index (χ3n) is 0.922. The molecule has 0 heterocycles. The highest BCUT2D eigenvalue weighted by molar-refractivity contribution is 4.51. The predicted molar refractivity (Wildman–Crippen MR) is 32.8 cm³/mol. The highest BCUT2D eigenvalue weighted by Crippen LogP contribution is 1.81. The van der Waals surface area contributed by atoms with Crippen molar-refractivity contribution in [1.82, 2.24) is 4.90 Å². The fourth-order valence-corrected chi connectivity index (χ4v) is 0.382. The van der Waals surface area contributed by atoms with Gasteiger partial charge in [0.15, 0.2) is 0 Å². The number of nitrogens with zero attached hydrogens (tertiary/aromatic N) is 1. The monoisotopic (exact) mass is 99.1 g/mol. The molecule has 0 unspecified atom stereocenters. The Morgan fingerprint density at radius 1 is 1.43 bits per heavy atom. The van der Waals surface area contributed by atoms with Gasteiger partial charge in [-0.1, -0.05) is 6.92 Å². The molecule has 0 fully saturated rings. The Bertz CT molecular complexity index is 35.2. The van der Waals surface area contributed by atoms with Crippen molar-refractivity contribution in [2.24, 2.45) is 0 Å². The van der Waals surface area contributed by atoms with Gasteiger partial charge in [-0.05, 0) is 33.5 Å². The van der Waals surface area contributed by atoms with E-state index in [9.17, 15) is 0 Å². The lowest BCUT2D eigenvalue weighted by Gasteiger charge is -2.09. The van der Waals surface area contributed by atoms with Crippen LogP contribution >= 0.6 is 0 Å². The molecule has 1 heteroatoms. The molecule has 0 aromatic heterocycles. The van der Waals surface area contributed by atoms with Gasteiger partial charge in [0.05, 0.1) is 0 Å². The number of hydrogen-bond acceptors (Lipinski definition) is 1. The molecule has 0 saturated carbocycles. The first-order valence-electron chi connectivity index (χ1n) is 2.58. The van der Waals surface area contributed by atoms with E-state index in [0.29, 0.717) is 0 Å². The summed E-state index contributed by atoms with van der Waals surface area (Å²) < 4.78 is 0. The molecular formula is C6H13N. The molecule has 0 aliphatic rings. The van der Waals surface area contributed by atoms with Gasteiger partial charge >= 0.3 is 0 Å². The molecule has 0 atom stereocenters. The lowest BCUT2D eigenvalue weighted by molar-refractivity contribution is 0.376. The van der Waals surface area contributed by atoms with Crippen LogP contribution in [0.5, 0.6) is 0 Å². The van der Waals surface area contributed by atoms with Gasteiger partial charge in [-0.2, -0.15) is 0 Å². The minimum Gasteiger partial charge on any atom is -0.306 e. The Labute approximate surface area is 46.3 Å². The van der Waals surface area contributed by atoms with E-state index in [1.807, 2.05) is 7.05 Å². The Morgan fingerprint density at radius 3 is 2.14 bits per heavy atom. The van der Waals surface area contributed by atoms with Crippen molar-refractivity contribution >= 4 is 0 Å². The van der Waals surface area contributed by atoms with Crippen molar-refractivity contribution in [2.75, 3.05) is 20.1 Å². The first-order valence-corrected chi connectivity index (χ1v) is 2.58. The summed E-state index contributed by atoms with van der Waals surface area (Å²) >= 11 is 0. The number of rotatable bonds is 3.